The van der Waals surface area contributed by atoms with Gasteiger partial charge in [0.25, 0.3) is 0 Å². The lowest BCUT2D eigenvalue weighted by atomic mass is 10.2. The lowest BCUT2D eigenvalue weighted by molar-refractivity contribution is -0.884. The van der Waals surface area contributed by atoms with E-state index in [1.165, 1.54) is 5.56 Å². The average Bonchev–Trinajstić information content (AvgIpc) is 1.85. The average molecular weight is 188 g/mol. The van der Waals surface area contributed by atoms with Crippen molar-refractivity contribution in [2.75, 3.05) is 21.1 Å². The topological polar surface area (TPSA) is 0 Å². The Bertz CT molecular complexity index is 213. The van der Waals surface area contributed by atoms with Crippen LogP contribution in [-0.2, 0) is 6.54 Å². The third-order valence-corrected chi connectivity index (χ3v) is 1.50. The predicted molar refractivity (Wildman–Crippen MR) is 51.0 cm³/mol. The van der Waals surface area contributed by atoms with Crippen molar-refractivity contribution in [2.45, 2.75) is 6.54 Å². The van der Waals surface area contributed by atoms with Gasteiger partial charge in [-0.2, -0.15) is 0 Å². The van der Waals surface area contributed by atoms with Gasteiger partial charge >= 0.3 is 0 Å². The zero-order chi connectivity index (χ0) is 8.32. The first-order valence-electron chi connectivity index (χ1n) is 3.92. The van der Waals surface area contributed by atoms with Gasteiger partial charge < -0.3 is 4.48 Å². The highest BCUT2D eigenvalue weighted by Gasteiger charge is 2.06. The van der Waals surface area contributed by atoms with Crippen LogP contribution in [0.5, 0.6) is 0 Å². The maximum atomic E-state index is 2.20. The second-order valence-corrected chi connectivity index (χ2v) is 3.93. The van der Waals surface area contributed by atoms with Crippen molar-refractivity contribution in [2.24, 2.45) is 0 Å². The minimum absolute atomic E-state index is 0. The molecule has 12 heavy (non-hydrogen) atoms. The molecule has 0 amide bonds. The number of rotatable bonds is 2. The monoisotopic (exact) mass is 187 g/mol. The number of hydrogen-bond donors (Lipinski definition) is 0. The first kappa shape index (κ1) is 11.5. The van der Waals surface area contributed by atoms with E-state index in [4.69, 9.17) is 0 Å². The van der Waals surface area contributed by atoms with Gasteiger partial charge in [0.2, 0.25) is 0 Å². The number of nitrogens with zero attached hydrogens (tertiary/aromatic N) is 1. The van der Waals surface area contributed by atoms with Crippen LogP contribution in [0.15, 0.2) is 30.3 Å². The first-order chi connectivity index (χ1) is 5.08. The molecule has 1 aromatic carbocycles. The van der Waals surface area contributed by atoms with Crippen LogP contribution in [0.25, 0.3) is 0 Å². The van der Waals surface area contributed by atoms with Crippen molar-refractivity contribution < 1.29 is 16.9 Å². The van der Waals surface area contributed by atoms with Gasteiger partial charge in [0.1, 0.15) is 6.54 Å². The Morgan fingerprint density at radius 2 is 1.50 bits per heavy atom. The van der Waals surface area contributed by atoms with E-state index >= 15 is 0 Å². The summed E-state index contributed by atoms with van der Waals surface area (Å²) in [5, 5.41) is 0. The van der Waals surface area contributed by atoms with Gasteiger partial charge in [0.05, 0.1) is 33.6 Å². The molecule has 0 saturated heterocycles. The Kier molecular flexibility index (Phi) is 4.29. The molecule has 0 heterocycles. The zero-order valence-corrected chi connectivity index (χ0v) is 8.88. The van der Waals surface area contributed by atoms with Crippen LogP contribution >= 0.6 is 0 Å². The fourth-order valence-electron chi connectivity index (χ4n) is 1.13. The minimum Gasteiger partial charge on any atom is -0.327 e. The van der Waals surface area contributed by atoms with E-state index < -0.39 is 0 Å². The van der Waals surface area contributed by atoms with E-state index in [0.717, 1.165) is 11.0 Å². The fourth-order valence-corrected chi connectivity index (χ4v) is 1.13. The van der Waals surface area contributed by atoms with E-state index in [1.54, 1.807) is 0 Å². The lowest BCUT2D eigenvalue weighted by Crippen LogP contribution is -2.33. The van der Waals surface area contributed by atoms with Crippen molar-refractivity contribution in [1.82, 2.24) is 0 Å². The fraction of sp³-hybridized carbons (Fsp3) is 0.400. The molecule has 0 aliphatic heterocycles. The summed E-state index contributed by atoms with van der Waals surface area (Å²) in [6.45, 7) is 1.10. The minimum atomic E-state index is 0. The number of halogens is 1. The van der Waals surface area contributed by atoms with Gasteiger partial charge in [-0.15, -0.1) is 0 Å². The molecule has 0 bridgehead atoms. The van der Waals surface area contributed by atoms with E-state index in [2.05, 4.69) is 51.5 Å². The molecule has 0 unspecified atom stereocenters. The number of hydrogen-bond acceptors (Lipinski definition) is 0. The molecule has 0 atom stereocenters. The zero-order valence-electron chi connectivity index (χ0n) is 7.99. The molecule has 0 aromatic heterocycles. The highest BCUT2D eigenvalue weighted by molar-refractivity contribution is 5.13. The van der Waals surface area contributed by atoms with E-state index in [0.29, 0.717) is 0 Å². The van der Waals surface area contributed by atoms with Crippen LogP contribution in [0.2, 0.25) is 0 Å². The van der Waals surface area contributed by atoms with Gasteiger partial charge in [-0.1, -0.05) is 30.3 Å². The SMILES string of the molecule is C[N+](C)(C)Cc1ccccc1.[ClH2+]. The Morgan fingerprint density at radius 3 is 1.92 bits per heavy atom. The number of quaternary nitrogens is 1. The molecular formula is C10H18ClN+2. The third-order valence-electron chi connectivity index (χ3n) is 1.50. The highest BCUT2D eigenvalue weighted by Crippen LogP contribution is 2.04. The smallest absolute Gasteiger partial charge is 0.104 e. The highest BCUT2D eigenvalue weighted by atomic mass is 35.5. The predicted octanol–water partition coefficient (Wildman–Crippen LogP) is 1.36. The Morgan fingerprint density at radius 1 is 1.00 bits per heavy atom. The first-order valence-corrected chi connectivity index (χ1v) is 3.92. The summed E-state index contributed by atoms with van der Waals surface area (Å²) >= 11 is 0. The van der Waals surface area contributed by atoms with Crippen LogP contribution in [0, 0.1) is 12.4 Å². The molecule has 1 aromatic rings. The second-order valence-electron chi connectivity index (χ2n) is 3.93. The van der Waals surface area contributed by atoms with Gasteiger partial charge in [0, 0.05) is 5.56 Å². The van der Waals surface area contributed by atoms with E-state index in [9.17, 15) is 0 Å². The quantitative estimate of drug-likeness (QED) is 0.614. The molecule has 68 valence electrons. The van der Waals surface area contributed by atoms with Crippen molar-refractivity contribution >= 4 is 0 Å². The Balaban J connectivity index is 0.00000121. The van der Waals surface area contributed by atoms with Crippen molar-refractivity contribution in [3.05, 3.63) is 35.9 Å². The van der Waals surface area contributed by atoms with Crippen molar-refractivity contribution in [1.29, 1.82) is 0 Å². The van der Waals surface area contributed by atoms with Gasteiger partial charge in [-0.05, 0) is 0 Å². The van der Waals surface area contributed by atoms with Gasteiger partial charge in [-0.3, -0.25) is 0 Å². The summed E-state index contributed by atoms with van der Waals surface area (Å²) in [6, 6.07) is 10.6. The van der Waals surface area contributed by atoms with Crippen LogP contribution in [0.4, 0.5) is 0 Å². The summed E-state index contributed by atoms with van der Waals surface area (Å²) in [5.41, 5.74) is 1.40. The second kappa shape index (κ2) is 4.48. The molecule has 2 heteroatoms. The number of benzene rings is 1. The summed E-state index contributed by atoms with van der Waals surface area (Å²) in [4.78, 5) is 0. The summed E-state index contributed by atoms with van der Waals surface area (Å²) in [7, 11) is 6.60. The normalized spacial score (nSPS) is 10.6. The standard InChI is InChI=1S/C10H16N.ClH2/c1-11(2,3)9-10-7-5-4-6-8-10;/h4-8H,9H2,1-3H3;1H2/q2*+1. The molecule has 1 nitrogen and oxygen atoms in total. The molecule has 0 spiro atoms. The van der Waals surface area contributed by atoms with E-state index in [1.807, 2.05) is 0 Å². The van der Waals surface area contributed by atoms with Crippen molar-refractivity contribution in [3.63, 3.8) is 0 Å². The van der Waals surface area contributed by atoms with Crippen LogP contribution < -0.4 is 0 Å². The molecular weight excluding hydrogens is 170 g/mol. The van der Waals surface area contributed by atoms with Crippen LogP contribution in [0.1, 0.15) is 5.56 Å². The van der Waals surface area contributed by atoms with Crippen LogP contribution in [-0.4, -0.2) is 25.6 Å². The van der Waals surface area contributed by atoms with Gasteiger partial charge in [-0.25, -0.2) is 0 Å². The molecule has 0 fully saturated rings. The lowest BCUT2D eigenvalue weighted by Gasteiger charge is -2.23. The Labute approximate surface area is 81.0 Å². The third kappa shape index (κ3) is 4.37. The largest absolute Gasteiger partial charge is 0.327 e. The Hall–Kier alpha value is -0.530. The summed E-state index contributed by atoms with van der Waals surface area (Å²) in [6.07, 6.45) is 0. The molecule has 0 radical (unpaired) electrons. The maximum absolute atomic E-state index is 2.20. The summed E-state index contributed by atoms with van der Waals surface area (Å²) in [5.74, 6) is 0. The molecule has 0 saturated carbocycles. The molecule has 0 aliphatic rings. The maximum Gasteiger partial charge on any atom is 0.104 e. The van der Waals surface area contributed by atoms with Crippen LogP contribution in [0.3, 0.4) is 0 Å². The molecule has 0 aliphatic carbocycles. The van der Waals surface area contributed by atoms with Gasteiger partial charge in [0.15, 0.2) is 0 Å². The molecule has 1 rings (SSSR count). The van der Waals surface area contributed by atoms with Crippen molar-refractivity contribution in [3.8, 4) is 0 Å². The summed E-state index contributed by atoms with van der Waals surface area (Å²) < 4.78 is 0.990. The molecule has 0 N–H and O–H groups in total. The van der Waals surface area contributed by atoms with E-state index in [-0.39, 0.29) is 12.4 Å².